The number of methoxy groups -OCH3 is 1. The number of benzene rings is 1. The van der Waals surface area contributed by atoms with Gasteiger partial charge in [0, 0.05) is 27.6 Å². The van der Waals surface area contributed by atoms with Gasteiger partial charge in [0.2, 0.25) is 11.8 Å². The van der Waals surface area contributed by atoms with Crippen molar-refractivity contribution < 1.29 is 14.3 Å². The van der Waals surface area contributed by atoms with Gasteiger partial charge in [-0.2, -0.15) is 0 Å². The minimum atomic E-state index is -0.216. The van der Waals surface area contributed by atoms with Crippen molar-refractivity contribution in [3.05, 3.63) is 29.8 Å². The third kappa shape index (κ3) is 3.01. The molecule has 2 amide bonds. The Hall–Kier alpha value is -2.04. The van der Waals surface area contributed by atoms with Crippen LogP contribution in [-0.4, -0.2) is 49.9 Å². The van der Waals surface area contributed by atoms with Gasteiger partial charge in [-0.3, -0.25) is 9.59 Å². The van der Waals surface area contributed by atoms with Crippen molar-refractivity contribution in [1.29, 1.82) is 0 Å². The molecular weight excluding hydrogens is 268 g/mol. The lowest BCUT2D eigenvalue weighted by atomic mass is 9.83. The minimum absolute atomic E-state index is 0.0650. The predicted molar refractivity (Wildman–Crippen MR) is 79.9 cm³/mol. The summed E-state index contributed by atoms with van der Waals surface area (Å²) in [6.07, 6.45) is 1.02. The summed E-state index contributed by atoms with van der Waals surface area (Å²) < 4.78 is 5.16. The average molecular weight is 290 g/mol. The van der Waals surface area contributed by atoms with Crippen LogP contribution >= 0.6 is 0 Å². The molecule has 0 spiro atoms. The smallest absolute Gasteiger partial charge is 0.227 e. The lowest BCUT2D eigenvalue weighted by Gasteiger charge is -2.39. The van der Waals surface area contributed by atoms with Crippen LogP contribution in [0.15, 0.2) is 24.3 Å². The first-order valence-corrected chi connectivity index (χ1v) is 7.06. The lowest BCUT2D eigenvalue weighted by molar-refractivity contribution is -0.145. The standard InChI is InChI=1S/C16H22N2O3/c1-17(2)16(20)13-9-10-14(19)18(3)15(13)11-5-7-12(21-4)8-6-11/h5-8,13,15H,9-10H2,1-4H3/t13-,15+/m0/s1. The molecule has 1 aromatic rings. The predicted octanol–water partition coefficient (Wildman–Crippen LogP) is 1.69. The Morgan fingerprint density at radius 3 is 2.43 bits per heavy atom. The average Bonchev–Trinajstić information content (AvgIpc) is 2.49. The fraction of sp³-hybridized carbons (Fsp3) is 0.500. The van der Waals surface area contributed by atoms with Crippen LogP contribution in [0.2, 0.25) is 0 Å². The number of nitrogens with zero attached hydrogens (tertiary/aromatic N) is 2. The molecule has 0 bridgehead atoms. The minimum Gasteiger partial charge on any atom is -0.497 e. The maximum atomic E-state index is 12.4. The number of ether oxygens (including phenoxy) is 1. The van der Waals surface area contributed by atoms with E-state index in [1.54, 1.807) is 38.1 Å². The molecule has 114 valence electrons. The number of piperidine rings is 1. The molecule has 1 aliphatic rings. The Bertz CT molecular complexity index is 525. The second-order valence-electron chi connectivity index (χ2n) is 5.60. The van der Waals surface area contributed by atoms with Crippen LogP contribution < -0.4 is 4.74 Å². The summed E-state index contributed by atoms with van der Waals surface area (Å²) >= 11 is 0. The van der Waals surface area contributed by atoms with Crippen LogP contribution in [0, 0.1) is 5.92 Å². The molecule has 2 rings (SSSR count). The molecule has 1 aliphatic heterocycles. The van der Waals surface area contributed by atoms with Gasteiger partial charge >= 0.3 is 0 Å². The third-order valence-corrected chi connectivity index (χ3v) is 4.08. The first-order valence-electron chi connectivity index (χ1n) is 7.06. The number of amides is 2. The van der Waals surface area contributed by atoms with E-state index in [0.29, 0.717) is 12.8 Å². The fourth-order valence-corrected chi connectivity index (χ4v) is 2.89. The van der Waals surface area contributed by atoms with Crippen LogP contribution in [-0.2, 0) is 9.59 Å². The van der Waals surface area contributed by atoms with E-state index in [2.05, 4.69) is 0 Å². The second-order valence-corrected chi connectivity index (χ2v) is 5.60. The molecule has 2 atom stereocenters. The zero-order chi connectivity index (χ0) is 15.6. The molecule has 0 aliphatic carbocycles. The molecule has 0 unspecified atom stereocenters. The number of hydrogen-bond acceptors (Lipinski definition) is 3. The summed E-state index contributed by atoms with van der Waals surface area (Å²) in [5.74, 6) is 0.712. The van der Waals surface area contributed by atoms with Crippen molar-refractivity contribution >= 4 is 11.8 Å². The summed E-state index contributed by atoms with van der Waals surface area (Å²) in [6, 6.07) is 7.36. The van der Waals surface area contributed by atoms with E-state index >= 15 is 0 Å². The molecule has 1 aromatic carbocycles. The summed E-state index contributed by atoms with van der Waals surface area (Å²) in [5, 5.41) is 0. The van der Waals surface area contributed by atoms with Gasteiger partial charge in [0.15, 0.2) is 0 Å². The second kappa shape index (κ2) is 6.16. The van der Waals surface area contributed by atoms with E-state index in [4.69, 9.17) is 4.74 Å². The van der Waals surface area contributed by atoms with Crippen LogP contribution in [0.1, 0.15) is 24.4 Å². The Balaban J connectivity index is 2.36. The molecule has 0 saturated carbocycles. The van der Waals surface area contributed by atoms with E-state index in [1.165, 1.54) is 0 Å². The maximum absolute atomic E-state index is 12.4. The van der Waals surface area contributed by atoms with E-state index in [9.17, 15) is 9.59 Å². The van der Waals surface area contributed by atoms with Crippen molar-refractivity contribution in [2.45, 2.75) is 18.9 Å². The van der Waals surface area contributed by atoms with Gasteiger partial charge in [0.05, 0.1) is 19.1 Å². The molecule has 0 aromatic heterocycles. The highest BCUT2D eigenvalue weighted by Gasteiger charge is 2.39. The Labute approximate surface area is 125 Å². The van der Waals surface area contributed by atoms with Crippen molar-refractivity contribution in [3.8, 4) is 5.75 Å². The highest BCUT2D eigenvalue weighted by atomic mass is 16.5. The van der Waals surface area contributed by atoms with Crippen LogP contribution in [0.5, 0.6) is 5.75 Å². The fourth-order valence-electron chi connectivity index (χ4n) is 2.89. The largest absolute Gasteiger partial charge is 0.497 e. The summed E-state index contributed by atoms with van der Waals surface area (Å²) in [5.41, 5.74) is 0.964. The Morgan fingerprint density at radius 1 is 1.29 bits per heavy atom. The maximum Gasteiger partial charge on any atom is 0.227 e. The van der Waals surface area contributed by atoms with E-state index in [1.807, 2.05) is 24.3 Å². The quantitative estimate of drug-likeness (QED) is 0.851. The lowest BCUT2D eigenvalue weighted by Crippen LogP contribution is -2.46. The number of rotatable bonds is 3. The zero-order valence-electron chi connectivity index (χ0n) is 13.0. The zero-order valence-corrected chi connectivity index (χ0v) is 13.0. The van der Waals surface area contributed by atoms with Crippen molar-refractivity contribution in [2.24, 2.45) is 5.92 Å². The van der Waals surface area contributed by atoms with Gasteiger partial charge in [-0.15, -0.1) is 0 Å². The normalized spacial score (nSPS) is 22.1. The van der Waals surface area contributed by atoms with Gasteiger partial charge in [-0.05, 0) is 24.1 Å². The van der Waals surface area contributed by atoms with Gasteiger partial charge in [0.25, 0.3) is 0 Å². The summed E-state index contributed by atoms with van der Waals surface area (Å²) in [4.78, 5) is 27.7. The van der Waals surface area contributed by atoms with E-state index < -0.39 is 0 Å². The molecule has 5 nitrogen and oxygen atoms in total. The SMILES string of the molecule is COc1ccc([C@@H]2[C@@H](C(=O)N(C)C)CCC(=O)N2C)cc1. The molecular formula is C16H22N2O3. The number of carbonyl (C=O) groups is 2. The van der Waals surface area contributed by atoms with Crippen molar-refractivity contribution in [1.82, 2.24) is 9.80 Å². The van der Waals surface area contributed by atoms with Crippen molar-refractivity contribution in [3.63, 3.8) is 0 Å². The molecule has 1 heterocycles. The third-order valence-electron chi connectivity index (χ3n) is 4.08. The van der Waals surface area contributed by atoms with Gasteiger partial charge in [-0.25, -0.2) is 0 Å². The highest BCUT2D eigenvalue weighted by Crippen LogP contribution is 2.37. The molecule has 1 saturated heterocycles. The van der Waals surface area contributed by atoms with E-state index in [0.717, 1.165) is 11.3 Å². The van der Waals surface area contributed by atoms with Crippen LogP contribution in [0.25, 0.3) is 0 Å². The molecule has 0 radical (unpaired) electrons. The summed E-state index contributed by atoms with van der Waals surface area (Å²) in [7, 11) is 6.89. The van der Waals surface area contributed by atoms with Gasteiger partial charge in [0.1, 0.15) is 5.75 Å². The molecule has 21 heavy (non-hydrogen) atoms. The number of hydrogen-bond donors (Lipinski definition) is 0. The Kier molecular flexibility index (Phi) is 4.50. The molecule has 0 N–H and O–H groups in total. The Morgan fingerprint density at radius 2 is 1.90 bits per heavy atom. The number of likely N-dealkylation sites (tertiary alicyclic amines) is 1. The van der Waals surface area contributed by atoms with Gasteiger partial charge < -0.3 is 14.5 Å². The van der Waals surface area contributed by atoms with Gasteiger partial charge in [-0.1, -0.05) is 12.1 Å². The van der Waals surface area contributed by atoms with Crippen molar-refractivity contribution in [2.75, 3.05) is 28.3 Å². The highest BCUT2D eigenvalue weighted by molar-refractivity contribution is 5.84. The molecule has 5 heteroatoms. The molecule has 1 fully saturated rings. The first kappa shape index (κ1) is 15.4. The van der Waals surface area contributed by atoms with E-state index in [-0.39, 0.29) is 23.8 Å². The number of carbonyl (C=O) groups excluding carboxylic acids is 2. The summed E-state index contributed by atoms with van der Waals surface area (Å²) in [6.45, 7) is 0. The monoisotopic (exact) mass is 290 g/mol. The first-order chi connectivity index (χ1) is 9.95. The topological polar surface area (TPSA) is 49.9 Å². The van der Waals surface area contributed by atoms with Crippen LogP contribution in [0.3, 0.4) is 0 Å². The van der Waals surface area contributed by atoms with Crippen LogP contribution in [0.4, 0.5) is 0 Å².